The molecule has 0 spiro atoms. The van der Waals surface area contributed by atoms with Crippen molar-refractivity contribution >= 4 is 44.9 Å². The fraction of sp³-hybridized carbons (Fsp3) is 0.440. The van der Waals surface area contributed by atoms with Crippen LogP contribution >= 0.6 is 15.9 Å². The van der Waals surface area contributed by atoms with Crippen molar-refractivity contribution in [2.75, 3.05) is 41.7 Å². The number of rotatable bonds is 4. The van der Waals surface area contributed by atoms with Crippen LogP contribution in [0.4, 0.5) is 21.9 Å². The topological polar surface area (TPSA) is 64.7 Å². The van der Waals surface area contributed by atoms with E-state index in [2.05, 4.69) is 38.4 Å². The van der Waals surface area contributed by atoms with Crippen molar-refractivity contribution in [3.8, 4) is 0 Å². The van der Waals surface area contributed by atoms with Crippen LogP contribution in [0.1, 0.15) is 49.4 Å². The molecule has 0 aliphatic carbocycles. The number of piperidine rings is 2. The van der Waals surface area contributed by atoms with E-state index in [1.54, 1.807) is 0 Å². The van der Waals surface area contributed by atoms with Crippen LogP contribution < -0.4 is 15.5 Å². The Balaban J connectivity index is 1.56. The van der Waals surface area contributed by atoms with Gasteiger partial charge in [0.15, 0.2) is 0 Å². The SMILES string of the molecule is CC1CCN(c2ccc(NC(=O)Nc3ccccc3Br)cc2C(=O)N2CCCCC2)CC1. The third-order valence-electron chi connectivity index (χ3n) is 6.37. The average Bonchev–Trinajstić information content (AvgIpc) is 2.81. The Morgan fingerprint density at radius 3 is 2.38 bits per heavy atom. The molecule has 3 amide bonds. The van der Waals surface area contributed by atoms with E-state index in [-0.39, 0.29) is 11.9 Å². The van der Waals surface area contributed by atoms with Crippen LogP contribution in [0.25, 0.3) is 0 Å². The zero-order valence-electron chi connectivity index (χ0n) is 18.6. The minimum absolute atomic E-state index is 0.0631. The molecule has 2 aromatic rings. The van der Waals surface area contributed by atoms with Gasteiger partial charge in [-0.3, -0.25) is 4.79 Å². The summed E-state index contributed by atoms with van der Waals surface area (Å²) in [6, 6.07) is 12.8. The first-order valence-corrected chi connectivity index (χ1v) is 12.3. The van der Waals surface area contributed by atoms with Crippen molar-refractivity contribution in [3.05, 3.63) is 52.5 Å². The van der Waals surface area contributed by atoms with Crippen LogP contribution in [-0.4, -0.2) is 43.0 Å². The maximum absolute atomic E-state index is 13.5. The summed E-state index contributed by atoms with van der Waals surface area (Å²) in [5, 5.41) is 5.74. The third-order valence-corrected chi connectivity index (χ3v) is 7.07. The lowest BCUT2D eigenvalue weighted by atomic mass is 9.97. The molecule has 2 aliphatic heterocycles. The number of urea groups is 1. The van der Waals surface area contributed by atoms with Gasteiger partial charge in [0.25, 0.3) is 5.91 Å². The van der Waals surface area contributed by atoms with E-state index in [0.717, 1.165) is 67.9 Å². The lowest BCUT2D eigenvalue weighted by molar-refractivity contribution is 0.0725. The number of halogens is 1. The summed E-state index contributed by atoms with van der Waals surface area (Å²) in [7, 11) is 0. The predicted octanol–water partition coefficient (Wildman–Crippen LogP) is 5.96. The predicted molar refractivity (Wildman–Crippen MR) is 134 cm³/mol. The first kappa shape index (κ1) is 22.6. The number of nitrogens with zero attached hydrogens (tertiary/aromatic N) is 2. The van der Waals surface area contributed by atoms with Gasteiger partial charge in [-0.1, -0.05) is 19.1 Å². The van der Waals surface area contributed by atoms with E-state index >= 15 is 0 Å². The number of anilines is 3. The summed E-state index contributed by atoms with van der Waals surface area (Å²) in [4.78, 5) is 30.3. The monoisotopic (exact) mass is 498 g/mol. The number of para-hydroxylation sites is 1. The molecule has 4 rings (SSSR count). The summed E-state index contributed by atoms with van der Waals surface area (Å²) >= 11 is 3.44. The standard InChI is InChI=1S/C25H31BrN4O2/c1-18-11-15-29(16-12-18)23-10-9-19(17-20(23)24(31)30-13-5-2-6-14-30)27-25(32)28-22-8-4-3-7-21(22)26/h3-4,7-10,17-18H,2,5-6,11-16H2,1H3,(H2,27,28,32). The molecule has 0 bridgehead atoms. The fourth-order valence-corrected chi connectivity index (χ4v) is 4.81. The van der Waals surface area contributed by atoms with E-state index in [1.165, 1.54) is 6.42 Å². The van der Waals surface area contributed by atoms with Gasteiger partial charge in [0, 0.05) is 42.0 Å². The molecule has 2 heterocycles. The van der Waals surface area contributed by atoms with E-state index in [9.17, 15) is 9.59 Å². The van der Waals surface area contributed by atoms with Gasteiger partial charge in [0.2, 0.25) is 0 Å². The Bertz CT molecular complexity index is 966. The maximum atomic E-state index is 13.5. The zero-order valence-corrected chi connectivity index (χ0v) is 20.2. The Morgan fingerprint density at radius 1 is 0.938 bits per heavy atom. The van der Waals surface area contributed by atoms with Crippen molar-refractivity contribution in [1.29, 1.82) is 0 Å². The molecule has 6 nitrogen and oxygen atoms in total. The van der Waals surface area contributed by atoms with Gasteiger partial charge < -0.3 is 20.4 Å². The second-order valence-electron chi connectivity index (χ2n) is 8.81. The second-order valence-corrected chi connectivity index (χ2v) is 9.67. The molecule has 7 heteroatoms. The van der Waals surface area contributed by atoms with Gasteiger partial charge in [0.05, 0.1) is 11.3 Å². The molecule has 2 aromatic carbocycles. The Hall–Kier alpha value is -2.54. The zero-order chi connectivity index (χ0) is 22.5. The van der Waals surface area contributed by atoms with Gasteiger partial charge in [-0.05, 0) is 84.3 Å². The van der Waals surface area contributed by atoms with Crippen LogP contribution in [-0.2, 0) is 0 Å². The van der Waals surface area contributed by atoms with Crippen LogP contribution in [0.2, 0.25) is 0 Å². The van der Waals surface area contributed by atoms with E-state index < -0.39 is 0 Å². The van der Waals surface area contributed by atoms with Crippen LogP contribution in [0.3, 0.4) is 0 Å². The minimum Gasteiger partial charge on any atom is -0.371 e. The van der Waals surface area contributed by atoms with Crippen molar-refractivity contribution in [2.45, 2.75) is 39.0 Å². The highest BCUT2D eigenvalue weighted by Crippen LogP contribution is 2.30. The molecule has 170 valence electrons. The molecular formula is C25H31BrN4O2. The van der Waals surface area contributed by atoms with Gasteiger partial charge in [-0.15, -0.1) is 0 Å². The molecule has 0 radical (unpaired) electrons. The molecule has 0 aromatic heterocycles. The summed E-state index contributed by atoms with van der Waals surface area (Å²) in [5.41, 5.74) is 2.96. The Morgan fingerprint density at radius 2 is 1.66 bits per heavy atom. The Kier molecular flexibility index (Phi) is 7.35. The molecule has 2 saturated heterocycles. The summed E-state index contributed by atoms with van der Waals surface area (Å²) in [5.74, 6) is 0.780. The fourth-order valence-electron chi connectivity index (χ4n) is 4.42. The number of hydrogen-bond acceptors (Lipinski definition) is 3. The number of carbonyl (C=O) groups excluding carboxylic acids is 2. The van der Waals surface area contributed by atoms with E-state index in [4.69, 9.17) is 0 Å². The van der Waals surface area contributed by atoms with Crippen molar-refractivity contribution < 1.29 is 9.59 Å². The quantitative estimate of drug-likeness (QED) is 0.546. The normalized spacial score (nSPS) is 17.2. The molecule has 2 N–H and O–H groups in total. The van der Waals surface area contributed by atoms with Crippen molar-refractivity contribution in [2.24, 2.45) is 5.92 Å². The largest absolute Gasteiger partial charge is 0.371 e. The highest BCUT2D eigenvalue weighted by Gasteiger charge is 2.25. The molecule has 0 saturated carbocycles. The number of likely N-dealkylation sites (tertiary alicyclic amines) is 1. The van der Waals surface area contributed by atoms with E-state index in [1.807, 2.05) is 47.4 Å². The maximum Gasteiger partial charge on any atom is 0.323 e. The number of carbonyl (C=O) groups is 2. The molecule has 0 atom stereocenters. The lowest BCUT2D eigenvalue weighted by Gasteiger charge is -2.35. The van der Waals surface area contributed by atoms with Gasteiger partial charge in [0.1, 0.15) is 0 Å². The highest BCUT2D eigenvalue weighted by atomic mass is 79.9. The number of amides is 3. The van der Waals surface area contributed by atoms with Crippen molar-refractivity contribution in [3.63, 3.8) is 0 Å². The first-order valence-electron chi connectivity index (χ1n) is 11.5. The van der Waals surface area contributed by atoms with Crippen LogP contribution in [0, 0.1) is 5.92 Å². The second kappa shape index (κ2) is 10.4. The minimum atomic E-state index is -0.340. The van der Waals surface area contributed by atoms with Crippen LogP contribution in [0.15, 0.2) is 46.9 Å². The van der Waals surface area contributed by atoms with Crippen LogP contribution in [0.5, 0.6) is 0 Å². The number of benzene rings is 2. The average molecular weight is 499 g/mol. The third kappa shape index (κ3) is 5.44. The molecule has 2 aliphatic rings. The van der Waals surface area contributed by atoms with Gasteiger partial charge in [-0.25, -0.2) is 4.79 Å². The van der Waals surface area contributed by atoms with Gasteiger partial charge >= 0.3 is 6.03 Å². The summed E-state index contributed by atoms with van der Waals surface area (Å²) in [6.45, 7) is 5.80. The number of hydrogen-bond donors (Lipinski definition) is 2. The summed E-state index contributed by atoms with van der Waals surface area (Å²) < 4.78 is 0.811. The molecule has 32 heavy (non-hydrogen) atoms. The summed E-state index contributed by atoms with van der Waals surface area (Å²) in [6.07, 6.45) is 5.54. The molecular weight excluding hydrogens is 468 g/mol. The van der Waals surface area contributed by atoms with E-state index in [0.29, 0.717) is 16.9 Å². The molecule has 2 fully saturated rings. The van der Waals surface area contributed by atoms with Gasteiger partial charge in [-0.2, -0.15) is 0 Å². The highest BCUT2D eigenvalue weighted by molar-refractivity contribution is 9.10. The smallest absolute Gasteiger partial charge is 0.323 e. The molecule has 0 unspecified atom stereocenters. The first-order chi connectivity index (χ1) is 15.5. The number of nitrogens with one attached hydrogen (secondary N) is 2. The Labute approximate surface area is 198 Å². The lowest BCUT2D eigenvalue weighted by Crippen LogP contribution is -2.38. The van der Waals surface area contributed by atoms with Crippen molar-refractivity contribution in [1.82, 2.24) is 4.90 Å².